The van der Waals surface area contributed by atoms with Gasteiger partial charge in [-0.1, -0.05) is 0 Å². The van der Waals surface area contributed by atoms with Crippen LogP contribution in [0.25, 0.3) is 0 Å². The summed E-state index contributed by atoms with van der Waals surface area (Å²) >= 11 is 0. The molecule has 0 fully saturated rings. The molecule has 102 valence electrons. The average molecular weight is 262 g/mol. The van der Waals surface area contributed by atoms with Crippen LogP contribution in [0.1, 0.15) is 11.4 Å². The molecule has 2 N–H and O–H groups in total. The minimum absolute atomic E-state index is 0.752. The molecule has 6 heteroatoms. The fraction of sp³-hybridized carbons (Fsp3) is 0.385. The number of rotatable bonds is 7. The van der Waals surface area contributed by atoms with Crippen LogP contribution in [0.5, 0.6) is 11.5 Å². The van der Waals surface area contributed by atoms with E-state index in [-0.39, 0.29) is 0 Å². The second kappa shape index (κ2) is 6.75. The van der Waals surface area contributed by atoms with Gasteiger partial charge in [-0.05, 0) is 17.7 Å². The first-order valence-electron chi connectivity index (χ1n) is 6.08. The lowest BCUT2D eigenvalue weighted by atomic mass is 10.2. The second-order valence-electron chi connectivity index (χ2n) is 4.08. The summed E-state index contributed by atoms with van der Waals surface area (Å²) in [6.45, 7) is 1.58. The molecular weight excluding hydrogens is 244 g/mol. The lowest BCUT2D eigenvalue weighted by Gasteiger charge is -2.09. The predicted molar refractivity (Wildman–Crippen MR) is 71.3 cm³/mol. The monoisotopic (exact) mass is 262 g/mol. The number of benzene rings is 1. The summed E-state index contributed by atoms with van der Waals surface area (Å²) < 4.78 is 10.5. The van der Waals surface area contributed by atoms with Crippen LogP contribution >= 0.6 is 0 Å². The number of aromatic nitrogens is 3. The molecule has 0 radical (unpaired) electrons. The molecular formula is C13H18N4O2. The number of hydrogen-bond donors (Lipinski definition) is 2. The van der Waals surface area contributed by atoms with Gasteiger partial charge in [0.15, 0.2) is 0 Å². The summed E-state index contributed by atoms with van der Waals surface area (Å²) in [7, 11) is 3.30. The third kappa shape index (κ3) is 3.96. The highest BCUT2D eigenvalue weighted by Crippen LogP contribution is 2.22. The van der Waals surface area contributed by atoms with Crippen LogP contribution in [0.3, 0.4) is 0 Å². The fourth-order valence-electron chi connectivity index (χ4n) is 1.76. The van der Waals surface area contributed by atoms with Gasteiger partial charge in [0.1, 0.15) is 23.7 Å². The van der Waals surface area contributed by atoms with E-state index in [0.717, 1.165) is 42.4 Å². The molecule has 0 aliphatic rings. The SMILES string of the molecule is COc1cc(CNCCc2ncn[nH]2)cc(OC)c1. The van der Waals surface area contributed by atoms with E-state index in [4.69, 9.17) is 9.47 Å². The number of ether oxygens (including phenoxy) is 2. The van der Waals surface area contributed by atoms with Gasteiger partial charge in [0, 0.05) is 25.6 Å². The van der Waals surface area contributed by atoms with Gasteiger partial charge < -0.3 is 14.8 Å². The Labute approximate surface area is 112 Å². The molecule has 0 aliphatic heterocycles. The molecule has 2 aromatic rings. The van der Waals surface area contributed by atoms with E-state index in [0.29, 0.717) is 0 Å². The summed E-state index contributed by atoms with van der Waals surface area (Å²) in [6, 6.07) is 5.84. The summed E-state index contributed by atoms with van der Waals surface area (Å²) in [5, 5.41) is 9.98. The van der Waals surface area contributed by atoms with Gasteiger partial charge in [-0.15, -0.1) is 0 Å². The molecule has 0 saturated carbocycles. The number of hydrogen-bond acceptors (Lipinski definition) is 5. The van der Waals surface area contributed by atoms with E-state index in [1.807, 2.05) is 18.2 Å². The van der Waals surface area contributed by atoms with Crippen molar-refractivity contribution in [3.63, 3.8) is 0 Å². The third-order valence-electron chi connectivity index (χ3n) is 2.74. The third-order valence-corrected chi connectivity index (χ3v) is 2.74. The number of methoxy groups -OCH3 is 2. The Morgan fingerprint density at radius 2 is 1.89 bits per heavy atom. The topological polar surface area (TPSA) is 72.1 Å². The van der Waals surface area contributed by atoms with Crippen molar-refractivity contribution >= 4 is 0 Å². The highest BCUT2D eigenvalue weighted by Gasteiger charge is 2.02. The lowest BCUT2D eigenvalue weighted by Crippen LogP contribution is -2.17. The van der Waals surface area contributed by atoms with Crippen LogP contribution in [0, 0.1) is 0 Å². The zero-order valence-electron chi connectivity index (χ0n) is 11.1. The van der Waals surface area contributed by atoms with E-state index in [1.165, 1.54) is 6.33 Å². The number of nitrogens with zero attached hydrogens (tertiary/aromatic N) is 2. The Morgan fingerprint density at radius 1 is 1.16 bits per heavy atom. The van der Waals surface area contributed by atoms with Crippen molar-refractivity contribution in [1.82, 2.24) is 20.5 Å². The zero-order chi connectivity index (χ0) is 13.5. The van der Waals surface area contributed by atoms with Crippen molar-refractivity contribution in [3.8, 4) is 11.5 Å². The van der Waals surface area contributed by atoms with E-state index in [1.54, 1.807) is 14.2 Å². The minimum Gasteiger partial charge on any atom is -0.497 e. The molecule has 0 atom stereocenters. The zero-order valence-corrected chi connectivity index (χ0v) is 11.1. The first-order chi connectivity index (χ1) is 9.31. The Morgan fingerprint density at radius 3 is 2.47 bits per heavy atom. The molecule has 1 aromatic carbocycles. The van der Waals surface area contributed by atoms with Crippen molar-refractivity contribution in [2.45, 2.75) is 13.0 Å². The van der Waals surface area contributed by atoms with Gasteiger partial charge in [0.25, 0.3) is 0 Å². The lowest BCUT2D eigenvalue weighted by molar-refractivity contribution is 0.393. The molecule has 19 heavy (non-hydrogen) atoms. The van der Waals surface area contributed by atoms with Crippen LogP contribution in [0.2, 0.25) is 0 Å². The van der Waals surface area contributed by atoms with Gasteiger partial charge in [0.05, 0.1) is 14.2 Å². The van der Waals surface area contributed by atoms with Crippen molar-refractivity contribution in [2.75, 3.05) is 20.8 Å². The maximum atomic E-state index is 5.23. The molecule has 6 nitrogen and oxygen atoms in total. The Bertz CT molecular complexity index is 477. The van der Waals surface area contributed by atoms with Crippen molar-refractivity contribution in [3.05, 3.63) is 35.9 Å². The Hall–Kier alpha value is -2.08. The standard InChI is InChI=1S/C13H18N4O2/c1-18-11-5-10(6-12(7-11)19-2)8-14-4-3-13-15-9-16-17-13/h5-7,9,14H,3-4,8H2,1-2H3,(H,15,16,17). The average Bonchev–Trinajstić information content (AvgIpc) is 2.96. The highest BCUT2D eigenvalue weighted by molar-refractivity contribution is 5.38. The van der Waals surface area contributed by atoms with Gasteiger partial charge in [0.2, 0.25) is 0 Å². The molecule has 0 unspecified atom stereocenters. The first kappa shape index (κ1) is 13.4. The predicted octanol–water partition coefficient (Wildman–Crippen LogP) is 1.15. The van der Waals surface area contributed by atoms with Crippen LogP contribution < -0.4 is 14.8 Å². The largest absolute Gasteiger partial charge is 0.497 e. The van der Waals surface area contributed by atoms with E-state index >= 15 is 0 Å². The fourth-order valence-corrected chi connectivity index (χ4v) is 1.76. The maximum absolute atomic E-state index is 5.23. The van der Waals surface area contributed by atoms with E-state index in [2.05, 4.69) is 20.5 Å². The van der Waals surface area contributed by atoms with Crippen LogP contribution in [-0.4, -0.2) is 35.9 Å². The van der Waals surface area contributed by atoms with Crippen molar-refractivity contribution in [2.24, 2.45) is 0 Å². The summed E-state index contributed by atoms with van der Waals surface area (Å²) in [5.41, 5.74) is 1.12. The molecule has 0 bridgehead atoms. The number of nitrogens with one attached hydrogen (secondary N) is 2. The molecule has 0 amide bonds. The van der Waals surface area contributed by atoms with Gasteiger partial charge >= 0.3 is 0 Å². The normalized spacial score (nSPS) is 10.4. The number of aromatic amines is 1. The van der Waals surface area contributed by atoms with Gasteiger partial charge in [-0.2, -0.15) is 5.10 Å². The summed E-state index contributed by atoms with van der Waals surface area (Å²) in [5.74, 6) is 2.48. The molecule has 0 saturated heterocycles. The second-order valence-corrected chi connectivity index (χ2v) is 4.08. The first-order valence-corrected chi connectivity index (χ1v) is 6.08. The Kier molecular flexibility index (Phi) is 4.74. The van der Waals surface area contributed by atoms with E-state index in [9.17, 15) is 0 Å². The summed E-state index contributed by atoms with van der Waals surface area (Å²) in [6.07, 6.45) is 2.34. The smallest absolute Gasteiger partial charge is 0.137 e. The molecule has 1 aromatic heterocycles. The quantitative estimate of drug-likeness (QED) is 0.732. The van der Waals surface area contributed by atoms with Crippen LogP contribution in [0.4, 0.5) is 0 Å². The molecule has 1 heterocycles. The number of H-pyrrole nitrogens is 1. The van der Waals surface area contributed by atoms with Crippen LogP contribution in [-0.2, 0) is 13.0 Å². The Balaban J connectivity index is 1.84. The van der Waals surface area contributed by atoms with Crippen molar-refractivity contribution < 1.29 is 9.47 Å². The molecule has 0 spiro atoms. The van der Waals surface area contributed by atoms with Crippen LogP contribution in [0.15, 0.2) is 24.5 Å². The highest BCUT2D eigenvalue weighted by atomic mass is 16.5. The summed E-state index contributed by atoms with van der Waals surface area (Å²) in [4.78, 5) is 4.07. The van der Waals surface area contributed by atoms with E-state index < -0.39 is 0 Å². The molecule has 2 rings (SSSR count). The minimum atomic E-state index is 0.752. The van der Waals surface area contributed by atoms with Crippen molar-refractivity contribution in [1.29, 1.82) is 0 Å². The maximum Gasteiger partial charge on any atom is 0.137 e. The van der Waals surface area contributed by atoms with Gasteiger partial charge in [-0.25, -0.2) is 4.98 Å². The van der Waals surface area contributed by atoms with Gasteiger partial charge in [-0.3, -0.25) is 5.10 Å². The molecule has 0 aliphatic carbocycles.